The Kier molecular flexibility index (Phi) is 3.18. The van der Waals surface area contributed by atoms with Crippen molar-refractivity contribution in [2.45, 2.75) is 19.8 Å². The molecule has 0 radical (unpaired) electrons. The SMILES string of the molecule is CC(C)c1ccc(-c2c(F)cccc2F)cn1. The molecule has 88 valence electrons. The third kappa shape index (κ3) is 2.33. The molecule has 0 saturated carbocycles. The summed E-state index contributed by atoms with van der Waals surface area (Å²) in [5.41, 5.74) is 1.35. The van der Waals surface area contributed by atoms with Crippen LogP contribution >= 0.6 is 0 Å². The van der Waals surface area contributed by atoms with Crippen LogP contribution in [0.4, 0.5) is 8.78 Å². The molecule has 1 aromatic heterocycles. The van der Waals surface area contributed by atoms with Crippen molar-refractivity contribution in [2.75, 3.05) is 0 Å². The summed E-state index contributed by atoms with van der Waals surface area (Å²) in [5, 5.41) is 0. The van der Waals surface area contributed by atoms with Crippen molar-refractivity contribution in [2.24, 2.45) is 0 Å². The van der Waals surface area contributed by atoms with E-state index in [1.165, 1.54) is 24.4 Å². The first-order valence-electron chi connectivity index (χ1n) is 5.50. The van der Waals surface area contributed by atoms with Crippen LogP contribution in [0.1, 0.15) is 25.5 Å². The van der Waals surface area contributed by atoms with Crippen molar-refractivity contribution >= 4 is 0 Å². The lowest BCUT2D eigenvalue weighted by Gasteiger charge is -2.07. The molecule has 0 unspecified atom stereocenters. The average molecular weight is 233 g/mol. The lowest BCUT2D eigenvalue weighted by atomic mass is 10.0. The van der Waals surface area contributed by atoms with Crippen LogP contribution in [0.5, 0.6) is 0 Å². The normalized spacial score (nSPS) is 10.9. The van der Waals surface area contributed by atoms with Crippen LogP contribution in [0, 0.1) is 11.6 Å². The van der Waals surface area contributed by atoms with E-state index in [4.69, 9.17) is 0 Å². The Morgan fingerprint density at radius 3 is 2.12 bits per heavy atom. The van der Waals surface area contributed by atoms with Gasteiger partial charge in [-0.25, -0.2) is 8.78 Å². The van der Waals surface area contributed by atoms with Crippen molar-refractivity contribution in [3.63, 3.8) is 0 Å². The molecule has 3 heteroatoms. The molecule has 0 atom stereocenters. The number of rotatable bonds is 2. The monoisotopic (exact) mass is 233 g/mol. The van der Waals surface area contributed by atoms with Crippen LogP contribution in [0.3, 0.4) is 0 Å². The Morgan fingerprint density at radius 2 is 1.65 bits per heavy atom. The molecule has 0 aliphatic heterocycles. The molecule has 2 rings (SSSR count). The minimum Gasteiger partial charge on any atom is -0.260 e. The van der Waals surface area contributed by atoms with Crippen LogP contribution in [0.25, 0.3) is 11.1 Å². The van der Waals surface area contributed by atoms with Gasteiger partial charge in [0.05, 0.1) is 5.56 Å². The topological polar surface area (TPSA) is 12.9 Å². The standard InChI is InChI=1S/C14H13F2N/c1-9(2)13-7-6-10(8-17-13)14-11(15)4-3-5-12(14)16/h3-9H,1-2H3. The van der Waals surface area contributed by atoms with Crippen molar-refractivity contribution in [3.05, 3.63) is 53.9 Å². The summed E-state index contributed by atoms with van der Waals surface area (Å²) < 4.78 is 27.1. The van der Waals surface area contributed by atoms with Crippen LogP contribution in [-0.4, -0.2) is 4.98 Å². The second-order valence-electron chi connectivity index (χ2n) is 4.22. The predicted molar refractivity (Wildman–Crippen MR) is 63.7 cm³/mol. The summed E-state index contributed by atoms with van der Waals surface area (Å²) in [6, 6.07) is 7.34. The van der Waals surface area contributed by atoms with E-state index in [0.717, 1.165) is 5.69 Å². The van der Waals surface area contributed by atoms with Gasteiger partial charge in [-0.2, -0.15) is 0 Å². The van der Waals surface area contributed by atoms with Gasteiger partial charge in [-0.3, -0.25) is 4.98 Å². The highest BCUT2D eigenvalue weighted by molar-refractivity contribution is 5.63. The quantitative estimate of drug-likeness (QED) is 0.759. The van der Waals surface area contributed by atoms with Gasteiger partial charge in [0.2, 0.25) is 0 Å². The first-order valence-corrected chi connectivity index (χ1v) is 5.50. The highest BCUT2D eigenvalue weighted by Crippen LogP contribution is 2.26. The van der Waals surface area contributed by atoms with Crippen LogP contribution < -0.4 is 0 Å². The lowest BCUT2D eigenvalue weighted by molar-refractivity contribution is 0.589. The van der Waals surface area contributed by atoms with E-state index in [-0.39, 0.29) is 5.56 Å². The van der Waals surface area contributed by atoms with Crippen LogP contribution in [-0.2, 0) is 0 Å². The predicted octanol–water partition coefficient (Wildman–Crippen LogP) is 4.15. The maximum atomic E-state index is 13.5. The number of hydrogen-bond donors (Lipinski definition) is 0. The molecule has 0 aliphatic carbocycles. The Bertz CT molecular complexity index is 498. The number of hydrogen-bond acceptors (Lipinski definition) is 1. The molecule has 0 amide bonds. The fourth-order valence-corrected chi connectivity index (χ4v) is 1.67. The highest BCUT2D eigenvalue weighted by atomic mass is 19.1. The van der Waals surface area contributed by atoms with E-state index >= 15 is 0 Å². The number of nitrogens with zero attached hydrogens (tertiary/aromatic N) is 1. The van der Waals surface area contributed by atoms with E-state index in [0.29, 0.717) is 11.5 Å². The fourth-order valence-electron chi connectivity index (χ4n) is 1.67. The number of aromatic nitrogens is 1. The maximum Gasteiger partial charge on any atom is 0.134 e. The highest BCUT2D eigenvalue weighted by Gasteiger charge is 2.11. The fraction of sp³-hybridized carbons (Fsp3) is 0.214. The van der Waals surface area contributed by atoms with Gasteiger partial charge in [0.1, 0.15) is 11.6 Å². The van der Waals surface area contributed by atoms with Gasteiger partial charge in [0.15, 0.2) is 0 Å². The van der Waals surface area contributed by atoms with E-state index in [2.05, 4.69) is 4.98 Å². The van der Waals surface area contributed by atoms with Crippen LogP contribution in [0.15, 0.2) is 36.5 Å². The van der Waals surface area contributed by atoms with Gasteiger partial charge in [0, 0.05) is 17.5 Å². The zero-order valence-corrected chi connectivity index (χ0v) is 9.74. The minimum atomic E-state index is -0.566. The second kappa shape index (κ2) is 4.62. The molecule has 2 aromatic rings. The summed E-state index contributed by atoms with van der Waals surface area (Å²) in [6.45, 7) is 4.04. The van der Waals surface area contributed by atoms with Gasteiger partial charge in [-0.15, -0.1) is 0 Å². The molecule has 0 bridgehead atoms. The first kappa shape index (κ1) is 11.7. The van der Waals surface area contributed by atoms with Gasteiger partial charge in [-0.1, -0.05) is 26.0 Å². The molecular formula is C14H13F2N. The minimum absolute atomic E-state index is 0.0182. The maximum absolute atomic E-state index is 13.5. The zero-order valence-electron chi connectivity index (χ0n) is 9.74. The zero-order chi connectivity index (χ0) is 12.4. The molecule has 0 fully saturated rings. The van der Waals surface area contributed by atoms with E-state index in [1.54, 1.807) is 12.1 Å². The average Bonchev–Trinajstić information content (AvgIpc) is 2.29. The van der Waals surface area contributed by atoms with Crippen LogP contribution in [0.2, 0.25) is 0 Å². The molecule has 0 aliphatic rings. The van der Waals surface area contributed by atoms with E-state index < -0.39 is 11.6 Å². The number of benzene rings is 1. The summed E-state index contributed by atoms with van der Waals surface area (Å²) in [7, 11) is 0. The third-order valence-corrected chi connectivity index (χ3v) is 2.63. The number of pyridine rings is 1. The largest absolute Gasteiger partial charge is 0.260 e. The molecule has 0 spiro atoms. The second-order valence-corrected chi connectivity index (χ2v) is 4.22. The summed E-state index contributed by atoms with van der Waals surface area (Å²) in [4.78, 5) is 4.20. The van der Waals surface area contributed by atoms with Gasteiger partial charge >= 0.3 is 0 Å². The van der Waals surface area contributed by atoms with Gasteiger partial charge in [0.25, 0.3) is 0 Å². The summed E-state index contributed by atoms with van der Waals surface area (Å²) in [5.74, 6) is -0.831. The van der Waals surface area contributed by atoms with Crippen molar-refractivity contribution in [1.29, 1.82) is 0 Å². The Labute approximate surface area is 99.1 Å². The smallest absolute Gasteiger partial charge is 0.134 e. The molecule has 1 aromatic carbocycles. The molecule has 0 N–H and O–H groups in total. The van der Waals surface area contributed by atoms with Crippen molar-refractivity contribution in [3.8, 4) is 11.1 Å². The van der Waals surface area contributed by atoms with Crippen molar-refractivity contribution in [1.82, 2.24) is 4.98 Å². The molecule has 1 nitrogen and oxygen atoms in total. The molecule has 1 heterocycles. The summed E-state index contributed by atoms with van der Waals surface area (Å²) >= 11 is 0. The van der Waals surface area contributed by atoms with E-state index in [9.17, 15) is 8.78 Å². The summed E-state index contributed by atoms with van der Waals surface area (Å²) in [6.07, 6.45) is 1.51. The van der Waals surface area contributed by atoms with Gasteiger partial charge in [-0.05, 0) is 24.1 Å². The first-order chi connectivity index (χ1) is 8.09. The molecule has 0 saturated heterocycles. The Morgan fingerprint density at radius 1 is 1.00 bits per heavy atom. The third-order valence-electron chi connectivity index (χ3n) is 2.63. The van der Waals surface area contributed by atoms with E-state index in [1.807, 2.05) is 13.8 Å². The Hall–Kier alpha value is -1.77. The molecule has 17 heavy (non-hydrogen) atoms. The molecular weight excluding hydrogens is 220 g/mol. The lowest BCUT2D eigenvalue weighted by Crippen LogP contribution is -1.94. The Balaban J connectivity index is 2.47. The van der Waals surface area contributed by atoms with Crippen molar-refractivity contribution < 1.29 is 8.78 Å². The van der Waals surface area contributed by atoms with Gasteiger partial charge < -0.3 is 0 Å². The number of halogens is 2.